The van der Waals surface area contributed by atoms with Crippen molar-refractivity contribution in [3.05, 3.63) is 34.7 Å². The number of ether oxygens (including phenoxy) is 1. The first-order valence-electron chi connectivity index (χ1n) is 7.64. The van der Waals surface area contributed by atoms with Crippen molar-refractivity contribution in [2.75, 3.05) is 13.7 Å². The summed E-state index contributed by atoms with van der Waals surface area (Å²) in [7, 11) is 1.57. The lowest BCUT2D eigenvalue weighted by Crippen LogP contribution is -2.33. The number of fused-ring (bicyclic) bond motifs is 3. The summed E-state index contributed by atoms with van der Waals surface area (Å²) in [4.78, 5) is 24.8. The maximum atomic E-state index is 12.5. The van der Waals surface area contributed by atoms with E-state index in [2.05, 4.69) is 15.5 Å². The Morgan fingerprint density at radius 2 is 2.22 bits per heavy atom. The number of aliphatic carboxylic acids is 1. The van der Waals surface area contributed by atoms with E-state index in [1.54, 1.807) is 23.8 Å². The fourth-order valence-electron chi connectivity index (χ4n) is 2.75. The Balaban J connectivity index is 1.84. The fraction of sp³-hybridized carbons (Fsp3) is 0.125. The molecule has 0 radical (unpaired) electrons. The Bertz CT molecular complexity index is 1160. The number of aromatic nitrogens is 4. The molecule has 136 valence electrons. The van der Waals surface area contributed by atoms with Crippen LogP contribution < -0.4 is 4.74 Å². The second kappa shape index (κ2) is 6.59. The van der Waals surface area contributed by atoms with Gasteiger partial charge in [0.05, 0.1) is 17.5 Å². The van der Waals surface area contributed by atoms with Crippen molar-refractivity contribution in [3.63, 3.8) is 0 Å². The van der Waals surface area contributed by atoms with Crippen molar-refractivity contribution >= 4 is 62.8 Å². The molecule has 3 heterocycles. The largest absolute Gasteiger partial charge is 0.497 e. The van der Waals surface area contributed by atoms with Gasteiger partial charge >= 0.3 is 5.97 Å². The van der Waals surface area contributed by atoms with Crippen LogP contribution in [0.5, 0.6) is 5.75 Å². The molecular formula is C16H11N5O4S2. The molecule has 9 nitrogen and oxygen atoms in total. The van der Waals surface area contributed by atoms with Crippen LogP contribution in [0.3, 0.4) is 0 Å². The van der Waals surface area contributed by atoms with Gasteiger partial charge in [0.15, 0.2) is 5.65 Å². The van der Waals surface area contributed by atoms with Crippen LogP contribution in [0.4, 0.5) is 0 Å². The van der Waals surface area contributed by atoms with Crippen molar-refractivity contribution in [1.82, 2.24) is 24.9 Å². The smallest absolute Gasteiger partial charge is 0.323 e. The van der Waals surface area contributed by atoms with E-state index in [4.69, 9.17) is 22.1 Å². The number of carboxylic acid groups (broad SMARTS) is 1. The lowest BCUT2D eigenvalue weighted by atomic mass is 10.1. The number of benzene rings is 1. The summed E-state index contributed by atoms with van der Waals surface area (Å²) in [6.45, 7) is -0.473. The van der Waals surface area contributed by atoms with Crippen molar-refractivity contribution in [3.8, 4) is 5.75 Å². The summed E-state index contributed by atoms with van der Waals surface area (Å²) in [6, 6.07) is 7.32. The highest BCUT2D eigenvalue weighted by Gasteiger charge is 2.33. The standard InChI is InChI=1S/C16H11N5O4S2/c1-25-10-2-3-11-8(5-10)4-9(14-17-18-19-21(11)14)6-12-15(24)20(7-13(22)23)16(26)27-12/h2-6H,7H2,1H3,(H,22,23)/b12-6-. The Labute approximate surface area is 161 Å². The maximum absolute atomic E-state index is 12.5. The highest BCUT2D eigenvalue weighted by Crippen LogP contribution is 2.33. The van der Waals surface area contributed by atoms with Gasteiger partial charge in [0.1, 0.15) is 16.6 Å². The van der Waals surface area contributed by atoms with Gasteiger partial charge in [0.25, 0.3) is 5.91 Å². The molecule has 1 amide bonds. The van der Waals surface area contributed by atoms with Crippen LogP contribution in [0.15, 0.2) is 29.2 Å². The number of thioether (sulfide) groups is 1. The number of carbonyl (C=O) groups is 2. The monoisotopic (exact) mass is 401 g/mol. The van der Waals surface area contributed by atoms with Gasteiger partial charge in [0.2, 0.25) is 0 Å². The Hall–Kier alpha value is -3.05. The Morgan fingerprint density at radius 3 is 2.96 bits per heavy atom. The van der Waals surface area contributed by atoms with E-state index in [0.29, 0.717) is 21.9 Å². The van der Waals surface area contributed by atoms with Gasteiger partial charge in [-0.25, -0.2) is 0 Å². The second-order valence-corrected chi connectivity index (χ2v) is 7.28. The summed E-state index contributed by atoms with van der Waals surface area (Å²) in [5, 5.41) is 21.5. The summed E-state index contributed by atoms with van der Waals surface area (Å²) >= 11 is 6.17. The molecule has 2 aromatic heterocycles. The van der Waals surface area contributed by atoms with Crippen LogP contribution >= 0.6 is 24.0 Å². The van der Waals surface area contributed by atoms with E-state index in [0.717, 1.165) is 27.6 Å². The predicted octanol–water partition coefficient (Wildman–Crippen LogP) is 1.57. The van der Waals surface area contributed by atoms with E-state index < -0.39 is 18.4 Å². The molecule has 0 aliphatic carbocycles. The van der Waals surface area contributed by atoms with Crippen LogP contribution in [-0.4, -0.2) is 59.9 Å². The minimum atomic E-state index is -1.13. The molecule has 11 heteroatoms. The molecule has 3 aromatic rings. The fourth-order valence-corrected chi connectivity index (χ4v) is 3.99. The molecule has 0 bridgehead atoms. The average molecular weight is 401 g/mol. The average Bonchev–Trinajstić information content (AvgIpc) is 3.22. The normalized spacial score (nSPS) is 16.0. The van der Waals surface area contributed by atoms with Gasteiger partial charge in [-0.05, 0) is 40.8 Å². The number of tetrazole rings is 1. The molecule has 1 aromatic carbocycles. The molecule has 1 saturated heterocycles. The van der Waals surface area contributed by atoms with Crippen LogP contribution in [0.1, 0.15) is 5.56 Å². The molecular weight excluding hydrogens is 390 g/mol. The van der Waals surface area contributed by atoms with Crippen molar-refractivity contribution < 1.29 is 19.4 Å². The van der Waals surface area contributed by atoms with E-state index in [-0.39, 0.29) is 4.32 Å². The quantitative estimate of drug-likeness (QED) is 0.514. The number of hydrogen-bond donors (Lipinski definition) is 1. The first-order chi connectivity index (χ1) is 13.0. The zero-order chi connectivity index (χ0) is 19.1. The second-order valence-electron chi connectivity index (χ2n) is 5.60. The number of pyridine rings is 1. The zero-order valence-electron chi connectivity index (χ0n) is 13.8. The first-order valence-corrected chi connectivity index (χ1v) is 8.86. The number of nitrogens with zero attached hydrogens (tertiary/aromatic N) is 5. The van der Waals surface area contributed by atoms with Crippen LogP contribution in [0.25, 0.3) is 22.6 Å². The van der Waals surface area contributed by atoms with Gasteiger partial charge in [0, 0.05) is 10.9 Å². The topological polar surface area (TPSA) is 110 Å². The van der Waals surface area contributed by atoms with Gasteiger partial charge in [-0.15, -0.1) is 5.10 Å². The number of carboxylic acids is 1. The van der Waals surface area contributed by atoms with Gasteiger partial charge in [-0.3, -0.25) is 14.5 Å². The molecule has 27 heavy (non-hydrogen) atoms. The maximum Gasteiger partial charge on any atom is 0.323 e. The predicted molar refractivity (Wildman–Crippen MR) is 102 cm³/mol. The number of methoxy groups -OCH3 is 1. The summed E-state index contributed by atoms with van der Waals surface area (Å²) in [5.41, 5.74) is 1.86. The highest BCUT2D eigenvalue weighted by atomic mass is 32.2. The number of hydrogen-bond acceptors (Lipinski definition) is 8. The summed E-state index contributed by atoms with van der Waals surface area (Å²) in [6.07, 6.45) is 1.62. The Kier molecular flexibility index (Phi) is 4.24. The minimum Gasteiger partial charge on any atom is -0.497 e. The molecule has 1 aliphatic rings. The number of carbonyl (C=O) groups excluding carboxylic acids is 1. The van der Waals surface area contributed by atoms with E-state index >= 15 is 0 Å². The molecule has 0 atom stereocenters. The van der Waals surface area contributed by atoms with Gasteiger partial charge in [-0.1, -0.05) is 24.0 Å². The third-order valence-electron chi connectivity index (χ3n) is 3.96. The minimum absolute atomic E-state index is 0.201. The van der Waals surface area contributed by atoms with Gasteiger partial charge in [-0.2, -0.15) is 4.52 Å². The number of rotatable bonds is 4. The Morgan fingerprint density at radius 1 is 1.41 bits per heavy atom. The van der Waals surface area contributed by atoms with Crippen LogP contribution in [-0.2, 0) is 9.59 Å². The number of thiocarbonyl (C=S) groups is 1. The lowest BCUT2D eigenvalue weighted by Gasteiger charge is -2.10. The molecule has 4 rings (SSSR count). The zero-order valence-corrected chi connectivity index (χ0v) is 15.5. The van der Waals surface area contributed by atoms with Gasteiger partial charge < -0.3 is 9.84 Å². The highest BCUT2D eigenvalue weighted by molar-refractivity contribution is 8.26. The SMILES string of the molecule is COc1ccc2c(c1)cc(/C=C1\SC(=S)N(CC(=O)O)C1=O)c1nnnn12. The molecule has 0 saturated carbocycles. The molecule has 1 aliphatic heterocycles. The third kappa shape index (κ3) is 3.00. The third-order valence-corrected chi connectivity index (χ3v) is 5.33. The van der Waals surface area contributed by atoms with Crippen LogP contribution in [0.2, 0.25) is 0 Å². The number of amides is 1. The summed E-state index contributed by atoms with van der Waals surface area (Å²) < 4.78 is 7.03. The molecule has 0 unspecified atom stereocenters. The van der Waals surface area contributed by atoms with Crippen molar-refractivity contribution in [2.45, 2.75) is 0 Å². The summed E-state index contributed by atoms with van der Waals surface area (Å²) in [5.74, 6) is -0.910. The van der Waals surface area contributed by atoms with E-state index in [1.165, 1.54) is 0 Å². The van der Waals surface area contributed by atoms with Crippen molar-refractivity contribution in [2.24, 2.45) is 0 Å². The lowest BCUT2D eigenvalue weighted by molar-refractivity contribution is -0.140. The molecule has 0 spiro atoms. The van der Waals surface area contributed by atoms with E-state index in [9.17, 15) is 9.59 Å². The van der Waals surface area contributed by atoms with Crippen molar-refractivity contribution in [1.29, 1.82) is 0 Å². The first kappa shape index (κ1) is 17.4. The molecule has 1 N–H and O–H groups in total. The molecule has 1 fully saturated rings. The van der Waals surface area contributed by atoms with E-state index in [1.807, 2.05) is 18.2 Å². The van der Waals surface area contributed by atoms with Crippen LogP contribution in [0, 0.1) is 0 Å².